The number of nitrogens with one attached hydrogen (secondary N) is 1. The Hall–Kier alpha value is -2.42. The molecule has 9 heteroatoms. The average molecular weight is 386 g/mol. The number of hydrogen-bond acceptors (Lipinski definition) is 4. The number of carbonyl (C=O) groups excluding carboxylic acids is 1. The SMILES string of the molecule is C[C@@H](NC(=O)CCS(=O)(=O)c1ccc(C(F)(F)F)cn1)c1ccccc1. The van der Waals surface area contributed by atoms with Gasteiger partial charge in [-0.25, -0.2) is 13.4 Å². The minimum absolute atomic E-state index is 0.296. The summed E-state index contributed by atoms with van der Waals surface area (Å²) < 4.78 is 61.7. The van der Waals surface area contributed by atoms with Crippen molar-refractivity contribution in [3.63, 3.8) is 0 Å². The van der Waals surface area contributed by atoms with E-state index in [-0.39, 0.29) is 12.5 Å². The second-order valence-electron chi connectivity index (χ2n) is 5.65. The Labute approximate surface area is 149 Å². The van der Waals surface area contributed by atoms with Gasteiger partial charge < -0.3 is 5.32 Å². The van der Waals surface area contributed by atoms with E-state index in [9.17, 15) is 26.4 Å². The van der Waals surface area contributed by atoms with Crippen LogP contribution in [0.1, 0.15) is 30.5 Å². The number of nitrogens with zero attached hydrogens (tertiary/aromatic N) is 1. The van der Waals surface area contributed by atoms with Gasteiger partial charge in [-0.1, -0.05) is 30.3 Å². The van der Waals surface area contributed by atoms with Crippen LogP contribution in [0.25, 0.3) is 0 Å². The molecule has 1 aromatic heterocycles. The summed E-state index contributed by atoms with van der Waals surface area (Å²) in [6.07, 6.45) is -4.45. The van der Waals surface area contributed by atoms with Crippen LogP contribution < -0.4 is 5.32 Å². The standard InChI is InChI=1S/C17H17F3N2O3S/c1-12(13-5-3-2-4-6-13)22-15(23)9-10-26(24,25)16-8-7-14(11-21-16)17(18,19)20/h2-8,11-12H,9-10H2,1H3,(H,22,23)/t12-/m1/s1. The third-order valence-corrected chi connectivity index (χ3v) is 5.28. The largest absolute Gasteiger partial charge is 0.417 e. The summed E-state index contributed by atoms with van der Waals surface area (Å²) in [4.78, 5) is 15.3. The molecule has 0 radical (unpaired) electrons. The Morgan fingerprint density at radius 1 is 1.15 bits per heavy atom. The van der Waals surface area contributed by atoms with E-state index in [1.807, 2.05) is 30.3 Å². The smallest absolute Gasteiger partial charge is 0.350 e. The molecule has 1 heterocycles. The Morgan fingerprint density at radius 2 is 1.81 bits per heavy atom. The van der Waals surface area contributed by atoms with Crippen molar-refractivity contribution in [2.45, 2.75) is 30.6 Å². The summed E-state index contributed by atoms with van der Waals surface area (Å²) in [5.41, 5.74) is -0.168. The fourth-order valence-electron chi connectivity index (χ4n) is 2.20. The Bertz CT molecular complexity index is 851. The zero-order valence-electron chi connectivity index (χ0n) is 13.8. The fraction of sp³-hybridized carbons (Fsp3) is 0.294. The van der Waals surface area contributed by atoms with Crippen LogP contribution in [0.5, 0.6) is 0 Å². The van der Waals surface area contributed by atoms with Crippen LogP contribution in [0.3, 0.4) is 0 Å². The van der Waals surface area contributed by atoms with Gasteiger partial charge in [0.2, 0.25) is 5.91 Å². The summed E-state index contributed by atoms with van der Waals surface area (Å²) in [5.74, 6) is -1.02. The first-order valence-electron chi connectivity index (χ1n) is 7.70. The second-order valence-corrected chi connectivity index (χ2v) is 7.71. The highest BCUT2D eigenvalue weighted by Gasteiger charge is 2.31. The van der Waals surface area contributed by atoms with E-state index in [2.05, 4.69) is 10.3 Å². The van der Waals surface area contributed by atoms with Gasteiger partial charge >= 0.3 is 6.18 Å². The van der Waals surface area contributed by atoms with Crippen LogP contribution in [0, 0.1) is 0 Å². The number of pyridine rings is 1. The van der Waals surface area contributed by atoms with Crippen LogP contribution in [0.4, 0.5) is 13.2 Å². The third kappa shape index (κ3) is 5.29. The van der Waals surface area contributed by atoms with Gasteiger partial charge in [-0.15, -0.1) is 0 Å². The number of sulfone groups is 1. The first-order chi connectivity index (χ1) is 12.1. The van der Waals surface area contributed by atoms with E-state index in [1.54, 1.807) is 6.92 Å². The van der Waals surface area contributed by atoms with Gasteiger partial charge in [-0.2, -0.15) is 13.2 Å². The molecule has 1 aromatic carbocycles. The topological polar surface area (TPSA) is 76.1 Å². The number of benzene rings is 1. The molecule has 5 nitrogen and oxygen atoms in total. The molecule has 0 aliphatic rings. The Balaban J connectivity index is 1.96. The fourth-order valence-corrected chi connectivity index (χ4v) is 3.35. The van der Waals surface area contributed by atoms with Gasteiger partial charge in [0.1, 0.15) is 0 Å². The maximum Gasteiger partial charge on any atom is 0.417 e. The zero-order valence-corrected chi connectivity index (χ0v) is 14.6. The van der Waals surface area contributed by atoms with Crippen molar-refractivity contribution in [2.75, 3.05) is 5.75 Å². The number of alkyl halides is 3. The molecule has 1 atom stereocenters. The lowest BCUT2D eigenvalue weighted by Gasteiger charge is -2.14. The van der Waals surface area contributed by atoms with Crippen molar-refractivity contribution in [1.29, 1.82) is 0 Å². The molecular formula is C17H17F3N2O3S. The van der Waals surface area contributed by atoms with Crippen LogP contribution in [0.2, 0.25) is 0 Å². The van der Waals surface area contributed by atoms with Crippen LogP contribution in [0.15, 0.2) is 53.7 Å². The van der Waals surface area contributed by atoms with E-state index < -0.39 is 38.3 Å². The molecule has 0 bridgehead atoms. The molecule has 0 saturated carbocycles. The van der Waals surface area contributed by atoms with Gasteiger partial charge in [0, 0.05) is 12.6 Å². The first kappa shape index (κ1) is 19.9. The Kier molecular flexibility index (Phi) is 6.01. The van der Waals surface area contributed by atoms with Gasteiger partial charge in [0.25, 0.3) is 0 Å². The molecule has 1 N–H and O–H groups in total. The lowest BCUT2D eigenvalue weighted by molar-refractivity contribution is -0.137. The summed E-state index contributed by atoms with van der Waals surface area (Å²) in [7, 11) is -3.96. The van der Waals surface area contributed by atoms with Crippen molar-refractivity contribution in [2.24, 2.45) is 0 Å². The second kappa shape index (κ2) is 7.86. The average Bonchev–Trinajstić information content (AvgIpc) is 2.60. The molecule has 2 aromatic rings. The Morgan fingerprint density at radius 3 is 2.35 bits per heavy atom. The highest BCUT2D eigenvalue weighted by atomic mass is 32.2. The van der Waals surface area contributed by atoms with Gasteiger partial charge in [-0.05, 0) is 24.6 Å². The predicted molar refractivity (Wildman–Crippen MR) is 88.9 cm³/mol. The molecule has 0 fully saturated rings. The summed E-state index contributed by atoms with van der Waals surface area (Å²) >= 11 is 0. The van der Waals surface area contributed by atoms with Crippen LogP contribution in [-0.2, 0) is 20.8 Å². The minimum Gasteiger partial charge on any atom is -0.350 e. The highest BCUT2D eigenvalue weighted by molar-refractivity contribution is 7.91. The maximum absolute atomic E-state index is 12.5. The number of hydrogen-bond donors (Lipinski definition) is 1. The highest BCUT2D eigenvalue weighted by Crippen LogP contribution is 2.28. The van der Waals surface area contributed by atoms with Gasteiger partial charge in [-0.3, -0.25) is 4.79 Å². The molecule has 2 rings (SSSR count). The van der Waals surface area contributed by atoms with E-state index >= 15 is 0 Å². The number of halogens is 3. The molecule has 0 spiro atoms. The van der Waals surface area contributed by atoms with Crippen molar-refractivity contribution < 1.29 is 26.4 Å². The van der Waals surface area contributed by atoms with Crippen molar-refractivity contribution in [3.05, 3.63) is 59.8 Å². The monoisotopic (exact) mass is 386 g/mol. The van der Waals surface area contributed by atoms with E-state index in [1.165, 1.54) is 0 Å². The molecular weight excluding hydrogens is 369 g/mol. The normalized spacial score (nSPS) is 13.2. The van der Waals surface area contributed by atoms with Gasteiger partial charge in [0.15, 0.2) is 14.9 Å². The minimum atomic E-state index is -4.59. The summed E-state index contributed by atoms with van der Waals surface area (Å²) in [6.45, 7) is 1.76. The molecule has 0 unspecified atom stereocenters. The molecule has 0 aliphatic carbocycles. The third-order valence-electron chi connectivity index (χ3n) is 3.66. The van der Waals surface area contributed by atoms with Crippen molar-refractivity contribution in [1.82, 2.24) is 10.3 Å². The number of aromatic nitrogens is 1. The van der Waals surface area contributed by atoms with Crippen LogP contribution >= 0.6 is 0 Å². The first-order valence-corrected chi connectivity index (χ1v) is 9.35. The molecule has 1 amide bonds. The maximum atomic E-state index is 12.5. The zero-order chi connectivity index (χ0) is 19.4. The van der Waals surface area contributed by atoms with E-state index in [0.717, 1.165) is 11.6 Å². The molecule has 0 aliphatic heterocycles. The molecule has 26 heavy (non-hydrogen) atoms. The number of amides is 1. The van der Waals surface area contributed by atoms with E-state index in [4.69, 9.17) is 0 Å². The quantitative estimate of drug-likeness (QED) is 0.828. The predicted octanol–water partition coefficient (Wildman–Crippen LogP) is 3.14. The van der Waals surface area contributed by atoms with Crippen LogP contribution in [-0.4, -0.2) is 25.1 Å². The lowest BCUT2D eigenvalue weighted by Crippen LogP contribution is -2.28. The number of rotatable bonds is 6. The van der Waals surface area contributed by atoms with Crippen molar-refractivity contribution >= 4 is 15.7 Å². The number of carbonyl (C=O) groups is 1. The molecule has 140 valence electrons. The van der Waals surface area contributed by atoms with Gasteiger partial charge in [0.05, 0.1) is 17.4 Å². The summed E-state index contributed by atoms with van der Waals surface area (Å²) in [5, 5.41) is 2.19. The summed E-state index contributed by atoms with van der Waals surface area (Å²) in [6, 6.07) is 10.3. The lowest BCUT2D eigenvalue weighted by atomic mass is 10.1. The van der Waals surface area contributed by atoms with E-state index in [0.29, 0.717) is 12.3 Å². The molecule has 0 saturated heterocycles. The van der Waals surface area contributed by atoms with Crippen molar-refractivity contribution in [3.8, 4) is 0 Å².